The number of aliphatic hydroxyl groups excluding tert-OH is 1. The Morgan fingerprint density at radius 3 is 2.50 bits per heavy atom. The van der Waals surface area contributed by atoms with Crippen LogP contribution in [0.15, 0.2) is 28.7 Å². The minimum Gasteiger partial charge on any atom is -0.467 e. The Balaban J connectivity index is 2.95. The molecule has 1 aromatic rings. The van der Waals surface area contributed by atoms with Gasteiger partial charge < -0.3 is 14.6 Å². The van der Waals surface area contributed by atoms with Gasteiger partial charge >= 0.3 is 5.97 Å². The van der Waals surface area contributed by atoms with E-state index < -0.39 is 18.2 Å². The van der Waals surface area contributed by atoms with Gasteiger partial charge in [-0.1, -0.05) is 34.1 Å². The van der Waals surface area contributed by atoms with Crippen LogP contribution in [0.5, 0.6) is 0 Å². The number of carbonyl (C=O) groups excluding carboxylic acids is 1. The van der Waals surface area contributed by atoms with Gasteiger partial charge in [0.15, 0.2) is 6.10 Å². The van der Waals surface area contributed by atoms with Crippen molar-refractivity contribution in [1.29, 1.82) is 0 Å². The Kier molecular flexibility index (Phi) is 4.92. The highest BCUT2D eigenvalue weighted by molar-refractivity contribution is 9.10. The quantitative estimate of drug-likeness (QED) is 0.857. The van der Waals surface area contributed by atoms with Gasteiger partial charge in [0.05, 0.1) is 7.11 Å². The molecule has 1 aromatic carbocycles. The summed E-state index contributed by atoms with van der Waals surface area (Å²) in [5, 5.41) is 10.0. The van der Waals surface area contributed by atoms with Crippen LogP contribution < -0.4 is 0 Å². The number of ether oxygens (including phenoxy) is 2. The Morgan fingerprint density at radius 2 is 2.00 bits per heavy atom. The smallest absolute Gasteiger partial charge is 0.338 e. The van der Waals surface area contributed by atoms with Gasteiger partial charge in [0, 0.05) is 11.6 Å². The molecule has 1 rings (SSSR count). The monoisotopic (exact) mass is 288 g/mol. The Morgan fingerprint density at radius 1 is 1.38 bits per heavy atom. The summed E-state index contributed by atoms with van der Waals surface area (Å²) in [7, 11) is 2.60. The molecule has 5 heteroatoms. The lowest BCUT2D eigenvalue weighted by Gasteiger charge is -2.20. The first-order chi connectivity index (χ1) is 7.61. The van der Waals surface area contributed by atoms with Crippen LogP contribution in [0.1, 0.15) is 11.7 Å². The molecule has 0 fully saturated rings. The van der Waals surface area contributed by atoms with E-state index in [4.69, 9.17) is 4.74 Å². The number of benzene rings is 1. The summed E-state index contributed by atoms with van der Waals surface area (Å²) in [6.45, 7) is 0. The second kappa shape index (κ2) is 5.98. The number of rotatable bonds is 4. The van der Waals surface area contributed by atoms with Gasteiger partial charge in [-0.25, -0.2) is 4.79 Å². The van der Waals surface area contributed by atoms with Crippen molar-refractivity contribution in [1.82, 2.24) is 0 Å². The van der Waals surface area contributed by atoms with E-state index in [0.29, 0.717) is 10.0 Å². The molecule has 4 nitrogen and oxygen atoms in total. The molecule has 0 saturated carbocycles. The second-order valence-corrected chi connectivity index (χ2v) is 4.00. The van der Waals surface area contributed by atoms with Crippen molar-refractivity contribution in [3.05, 3.63) is 34.3 Å². The van der Waals surface area contributed by atoms with Gasteiger partial charge in [0.25, 0.3) is 0 Å². The lowest BCUT2D eigenvalue weighted by molar-refractivity contribution is -0.159. The highest BCUT2D eigenvalue weighted by Crippen LogP contribution is 2.26. The second-order valence-electron chi connectivity index (χ2n) is 3.15. The summed E-state index contributed by atoms with van der Waals surface area (Å²) < 4.78 is 10.2. The standard InChI is InChI=1S/C11H13BrO4/c1-15-10(11(14)16-2)9(13)7-5-3-4-6-8(7)12/h3-6,9-10,13H,1-2H3/t9-,10+/m1/s1. The fourth-order valence-electron chi connectivity index (χ4n) is 1.35. The third-order valence-electron chi connectivity index (χ3n) is 2.20. The summed E-state index contributed by atoms with van der Waals surface area (Å²) in [4.78, 5) is 11.3. The fourth-order valence-corrected chi connectivity index (χ4v) is 1.87. The van der Waals surface area contributed by atoms with Crippen molar-refractivity contribution < 1.29 is 19.4 Å². The number of esters is 1. The Bertz CT molecular complexity index is 367. The molecule has 16 heavy (non-hydrogen) atoms. The largest absolute Gasteiger partial charge is 0.467 e. The van der Waals surface area contributed by atoms with E-state index in [1.54, 1.807) is 18.2 Å². The number of hydrogen-bond donors (Lipinski definition) is 1. The summed E-state index contributed by atoms with van der Waals surface area (Å²) in [5.74, 6) is -0.606. The number of methoxy groups -OCH3 is 2. The summed E-state index contributed by atoms with van der Waals surface area (Å²) >= 11 is 3.30. The minimum atomic E-state index is -1.06. The molecular weight excluding hydrogens is 276 g/mol. The fraction of sp³-hybridized carbons (Fsp3) is 0.364. The van der Waals surface area contributed by atoms with Gasteiger partial charge in [-0.2, -0.15) is 0 Å². The lowest BCUT2D eigenvalue weighted by Crippen LogP contribution is -2.31. The summed E-state index contributed by atoms with van der Waals surface area (Å²) in [6, 6.07) is 7.08. The average molecular weight is 289 g/mol. The zero-order valence-corrected chi connectivity index (χ0v) is 10.6. The van der Waals surface area contributed by atoms with Crippen LogP contribution in [-0.4, -0.2) is 31.4 Å². The van der Waals surface area contributed by atoms with E-state index >= 15 is 0 Å². The van der Waals surface area contributed by atoms with E-state index in [1.165, 1.54) is 14.2 Å². The molecule has 1 N–H and O–H groups in total. The van der Waals surface area contributed by atoms with Crippen molar-refractivity contribution in [2.75, 3.05) is 14.2 Å². The maximum Gasteiger partial charge on any atom is 0.338 e. The van der Waals surface area contributed by atoms with Crippen LogP contribution in [0, 0.1) is 0 Å². The molecule has 0 aliphatic rings. The van der Waals surface area contributed by atoms with Crippen LogP contribution in [0.3, 0.4) is 0 Å². The maximum absolute atomic E-state index is 11.3. The zero-order valence-electron chi connectivity index (χ0n) is 9.01. The minimum absolute atomic E-state index is 0.583. The molecule has 88 valence electrons. The van der Waals surface area contributed by atoms with Gasteiger partial charge in [-0.3, -0.25) is 0 Å². The van der Waals surface area contributed by atoms with Crippen molar-refractivity contribution in [2.24, 2.45) is 0 Å². The molecule has 0 aromatic heterocycles. The van der Waals surface area contributed by atoms with Gasteiger partial charge in [0.1, 0.15) is 6.10 Å². The highest BCUT2D eigenvalue weighted by atomic mass is 79.9. The van der Waals surface area contributed by atoms with E-state index in [1.807, 2.05) is 6.07 Å². The van der Waals surface area contributed by atoms with Crippen molar-refractivity contribution in [2.45, 2.75) is 12.2 Å². The normalized spacial score (nSPS) is 14.2. The van der Waals surface area contributed by atoms with Crippen LogP contribution in [0.2, 0.25) is 0 Å². The molecule has 2 atom stereocenters. The van der Waals surface area contributed by atoms with E-state index in [9.17, 15) is 9.90 Å². The first-order valence-corrected chi connectivity index (χ1v) is 5.44. The first-order valence-electron chi connectivity index (χ1n) is 4.65. The van der Waals surface area contributed by atoms with Crippen LogP contribution >= 0.6 is 15.9 Å². The molecule has 0 saturated heterocycles. The highest BCUT2D eigenvalue weighted by Gasteiger charge is 2.29. The van der Waals surface area contributed by atoms with Crippen molar-refractivity contribution >= 4 is 21.9 Å². The van der Waals surface area contributed by atoms with Crippen molar-refractivity contribution in [3.8, 4) is 0 Å². The zero-order chi connectivity index (χ0) is 12.1. The maximum atomic E-state index is 11.3. The summed E-state index contributed by atoms with van der Waals surface area (Å²) in [6.07, 6.45) is -2.09. The van der Waals surface area contributed by atoms with Gasteiger partial charge in [-0.15, -0.1) is 0 Å². The van der Waals surface area contributed by atoms with E-state index in [-0.39, 0.29) is 0 Å². The average Bonchev–Trinajstić information content (AvgIpc) is 2.30. The summed E-state index contributed by atoms with van der Waals surface area (Å²) in [5.41, 5.74) is 0.583. The third kappa shape index (κ3) is 2.81. The van der Waals surface area contributed by atoms with Crippen LogP contribution in [0.25, 0.3) is 0 Å². The van der Waals surface area contributed by atoms with Gasteiger partial charge in [0.2, 0.25) is 0 Å². The molecule has 0 aliphatic carbocycles. The van der Waals surface area contributed by atoms with Crippen LogP contribution in [0.4, 0.5) is 0 Å². The van der Waals surface area contributed by atoms with Gasteiger partial charge in [-0.05, 0) is 11.6 Å². The number of hydrogen-bond acceptors (Lipinski definition) is 4. The number of halogens is 1. The lowest BCUT2D eigenvalue weighted by atomic mass is 10.0. The first kappa shape index (κ1) is 13.2. The molecule has 0 bridgehead atoms. The molecule has 0 aliphatic heterocycles. The topological polar surface area (TPSA) is 55.8 Å². The molecule has 0 spiro atoms. The molecule has 0 amide bonds. The molecule has 0 unspecified atom stereocenters. The molecular formula is C11H13BrO4. The van der Waals surface area contributed by atoms with Crippen LogP contribution in [-0.2, 0) is 14.3 Å². The number of carbonyl (C=O) groups is 1. The number of aliphatic hydroxyl groups is 1. The predicted molar refractivity (Wildman–Crippen MR) is 61.9 cm³/mol. The van der Waals surface area contributed by atoms with Crippen molar-refractivity contribution in [3.63, 3.8) is 0 Å². The van der Waals surface area contributed by atoms with E-state index in [0.717, 1.165) is 0 Å². The predicted octanol–water partition coefficient (Wildman–Crippen LogP) is 1.67. The molecule has 0 radical (unpaired) electrons. The Labute approximate surface area is 102 Å². The Hall–Kier alpha value is -0.910. The third-order valence-corrected chi connectivity index (χ3v) is 2.92. The SMILES string of the molecule is COC(=O)[C@@H](OC)[C@H](O)c1ccccc1Br. The molecule has 0 heterocycles. The van der Waals surface area contributed by atoms with E-state index in [2.05, 4.69) is 20.7 Å².